The molecule has 2 rings (SSSR count). The molecule has 0 radical (unpaired) electrons. The summed E-state index contributed by atoms with van der Waals surface area (Å²) in [7, 11) is 0. The minimum atomic E-state index is 0.288. The smallest absolute Gasteiger partial charge is 0.152 e. The predicted octanol–water partition coefficient (Wildman–Crippen LogP) is 2.30. The molecule has 88 valence electrons. The zero-order chi connectivity index (χ0) is 11.8. The topological polar surface area (TPSA) is 42.2 Å². The van der Waals surface area contributed by atoms with Crippen LogP contribution in [0.3, 0.4) is 0 Å². The number of aryl methyl sites for hydroxylation is 1. The van der Waals surface area contributed by atoms with Crippen molar-refractivity contribution in [2.45, 2.75) is 25.5 Å². The molecule has 1 aliphatic rings. The lowest BCUT2D eigenvalue weighted by atomic mass is 10.1. The van der Waals surface area contributed by atoms with Crippen LogP contribution in [0.15, 0.2) is 12.3 Å². The molecule has 3 nitrogen and oxygen atoms in total. The van der Waals surface area contributed by atoms with Gasteiger partial charge < -0.3 is 10.6 Å². The second-order valence-electron chi connectivity index (χ2n) is 4.89. The molecular weight excluding hydrogens is 218 g/mol. The lowest BCUT2D eigenvalue weighted by Gasteiger charge is -2.38. The fraction of sp³-hybridized carbons (Fsp3) is 0.583. The van der Waals surface area contributed by atoms with Crippen LogP contribution >= 0.6 is 11.8 Å². The van der Waals surface area contributed by atoms with Crippen molar-refractivity contribution in [2.75, 3.05) is 29.5 Å². The molecule has 1 aliphatic heterocycles. The molecule has 0 amide bonds. The van der Waals surface area contributed by atoms with Gasteiger partial charge in [-0.2, -0.15) is 11.8 Å². The standard InChI is InChI=1S/C12H19N3S/c1-9-4-5-14-11(10(9)13)15-6-7-16-12(2,3)8-15/h4-5H,6-8,13H2,1-3H3. The number of hydrogen-bond acceptors (Lipinski definition) is 4. The Hall–Kier alpha value is -0.900. The van der Waals surface area contributed by atoms with Crippen LogP contribution in [-0.2, 0) is 0 Å². The van der Waals surface area contributed by atoms with Crippen LogP contribution in [0.5, 0.6) is 0 Å². The van der Waals surface area contributed by atoms with E-state index in [1.165, 1.54) is 0 Å². The van der Waals surface area contributed by atoms with E-state index >= 15 is 0 Å². The lowest BCUT2D eigenvalue weighted by Crippen LogP contribution is -2.43. The third-order valence-electron chi connectivity index (χ3n) is 2.91. The van der Waals surface area contributed by atoms with E-state index in [4.69, 9.17) is 5.73 Å². The maximum Gasteiger partial charge on any atom is 0.152 e. The van der Waals surface area contributed by atoms with E-state index in [1.54, 1.807) is 0 Å². The first-order valence-electron chi connectivity index (χ1n) is 5.59. The van der Waals surface area contributed by atoms with E-state index in [0.717, 1.165) is 35.9 Å². The molecule has 0 spiro atoms. The molecule has 0 bridgehead atoms. The molecule has 0 aliphatic carbocycles. The maximum atomic E-state index is 6.09. The minimum Gasteiger partial charge on any atom is -0.396 e. The number of pyridine rings is 1. The lowest BCUT2D eigenvalue weighted by molar-refractivity contribution is 0.643. The van der Waals surface area contributed by atoms with Crippen LogP contribution in [0, 0.1) is 6.92 Å². The molecule has 0 unspecified atom stereocenters. The van der Waals surface area contributed by atoms with E-state index in [-0.39, 0.29) is 4.75 Å². The first-order chi connectivity index (χ1) is 7.49. The van der Waals surface area contributed by atoms with Crippen molar-refractivity contribution in [1.82, 2.24) is 4.98 Å². The first-order valence-corrected chi connectivity index (χ1v) is 6.58. The first kappa shape index (κ1) is 11.6. The largest absolute Gasteiger partial charge is 0.396 e. The van der Waals surface area contributed by atoms with E-state index in [1.807, 2.05) is 30.9 Å². The van der Waals surface area contributed by atoms with E-state index < -0.39 is 0 Å². The van der Waals surface area contributed by atoms with Crippen LogP contribution in [0.1, 0.15) is 19.4 Å². The molecule has 2 N–H and O–H groups in total. The Morgan fingerprint density at radius 2 is 2.25 bits per heavy atom. The average molecular weight is 237 g/mol. The molecular formula is C12H19N3S. The van der Waals surface area contributed by atoms with Crippen molar-refractivity contribution < 1.29 is 0 Å². The Labute approximate surface area is 101 Å². The van der Waals surface area contributed by atoms with Gasteiger partial charge in [0.2, 0.25) is 0 Å². The van der Waals surface area contributed by atoms with Gasteiger partial charge in [0.05, 0.1) is 5.69 Å². The van der Waals surface area contributed by atoms with Crippen LogP contribution in [0.4, 0.5) is 11.5 Å². The van der Waals surface area contributed by atoms with Crippen molar-refractivity contribution in [1.29, 1.82) is 0 Å². The van der Waals surface area contributed by atoms with Crippen molar-refractivity contribution >= 4 is 23.3 Å². The van der Waals surface area contributed by atoms with Gasteiger partial charge in [-0.05, 0) is 32.4 Å². The van der Waals surface area contributed by atoms with Crippen molar-refractivity contribution in [3.05, 3.63) is 17.8 Å². The van der Waals surface area contributed by atoms with Crippen LogP contribution < -0.4 is 10.6 Å². The molecule has 1 aromatic rings. The summed E-state index contributed by atoms with van der Waals surface area (Å²) in [6.07, 6.45) is 1.84. The third kappa shape index (κ3) is 2.26. The highest BCUT2D eigenvalue weighted by Crippen LogP contribution is 2.33. The molecule has 2 heterocycles. The highest BCUT2D eigenvalue weighted by molar-refractivity contribution is 8.00. The van der Waals surface area contributed by atoms with Gasteiger partial charge in [0.25, 0.3) is 0 Å². The molecule has 0 aromatic carbocycles. The van der Waals surface area contributed by atoms with Gasteiger partial charge in [-0.25, -0.2) is 4.98 Å². The van der Waals surface area contributed by atoms with Gasteiger partial charge in [-0.15, -0.1) is 0 Å². The van der Waals surface area contributed by atoms with Gasteiger partial charge in [0.1, 0.15) is 0 Å². The van der Waals surface area contributed by atoms with Crippen LogP contribution in [-0.4, -0.2) is 28.6 Å². The average Bonchev–Trinajstić information content (AvgIpc) is 2.20. The summed E-state index contributed by atoms with van der Waals surface area (Å²) < 4.78 is 0.288. The van der Waals surface area contributed by atoms with Crippen molar-refractivity contribution in [3.8, 4) is 0 Å². The molecule has 1 aromatic heterocycles. The van der Waals surface area contributed by atoms with Crippen molar-refractivity contribution in [3.63, 3.8) is 0 Å². The van der Waals surface area contributed by atoms with E-state index in [9.17, 15) is 0 Å². The monoisotopic (exact) mass is 237 g/mol. The summed E-state index contributed by atoms with van der Waals surface area (Å²) in [5, 5.41) is 0. The molecule has 0 atom stereocenters. The SMILES string of the molecule is Cc1ccnc(N2CCSC(C)(C)C2)c1N. The summed E-state index contributed by atoms with van der Waals surface area (Å²) in [5.74, 6) is 2.09. The number of anilines is 2. The molecule has 0 saturated carbocycles. The Bertz CT molecular complexity index is 390. The van der Waals surface area contributed by atoms with Crippen LogP contribution in [0.2, 0.25) is 0 Å². The zero-order valence-electron chi connectivity index (χ0n) is 10.2. The molecule has 1 fully saturated rings. The fourth-order valence-electron chi connectivity index (χ4n) is 2.00. The maximum absolute atomic E-state index is 6.09. The molecule has 4 heteroatoms. The number of nitrogens with zero attached hydrogens (tertiary/aromatic N) is 2. The van der Waals surface area contributed by atoms with Gasteiger partial charge >= 0.3 is 0 Å². The highest BCUT2D eigenvalue weighted by atomic mass is 32.2. The second kappa shape index (κ2) is 4.17. The Kier molecular flexibility index (Phi) is 3.02. The number of thioether (sulfide) groups is 1. The third-order valence-corrected chi connectivity index (χ3v) is 4.21. The summed E-state index contributed by atoms with van der Waals surface area (Å²) in [4.78, 5) is 6.72. The number of hydrogen-bond donors (Lipinski definition) is 1. The second-order valence-corrected chi connectivity index (χ2v) is 6.70. The quantitative estimate of drug-likeness (QED) is 0.814. The normalized spacial score (nSPS) is 19.8. The minimum absolute atomic E-state index is 0.288. The number of nitrogens with two attached hydrogens (primary N) is 1. The van der Waals surface area contributed by atoms with Gasteiger partial charge in [0, 0.05) is 29.8 Å². The van der Waals surface area contributed by atoms with E-state index in [2.05, 4.69) is 23.7 Å². The summed E-state index contributed by atoms with van der Waals surface area (Å²) in [5.41, 5.74) is 8.03. The number of nitrogen functional groups attached to an aromatic ring is 1. The number of rotatable bonds is 1. The molecule has 16 heavy (non-hydrogen) atoms. The van der Waals surface area contributed by atoms with Gasteiger partial charge in [-0.3, -0.25) is 0 Å². The molecule has 1 saturated heterocycles. The summed E-state index contributed by atoms with van der Waals surface area (Å²) in [6, 6.07) is 1.96. The Morgan fingerprint density at radius 1 is 1.50 bits per heavy atom. The Balaban J connectivity index is 2.27. The predicted molar refractivity (Wildman–Crippen MR) is 72.1 cm³/mol. The fourth-order valence-corrected chi connectivity index (χ4v) is 3.12. The van der Waals surface area contributed by atoms with Crippen LogP contribution in [0.25, 0.3) is 0 Å². The van der Waals surface area contributed by atoms with E-state index in [0.29, 0.717) is 0 Å². The summed E-state index contributed by atoms with van der Waals surface area (Å²) >= 11 is 2.02. The highest BCUT2D eigenvalue weighted by Gasteiger charge is 2.28. The summed E-state index contributed by atoms with van der Waals surface area (Å²) in [6.45, 7) is 8.63. The van der Waals surface area contributed by atoms with Gasteiger partial charge in [0.15, 0.2) is 5.82 Å². The van der Waals surface area contributed by atoms with Gasteiger partial charge in [-0.1, -0.05) is 0 Å². The zero-order valence-corrected chi connectivity index (χ0v) is 11.0. The number of aromatic nitrogens is 1. The Morgan fingerprint density at radius 3 is 2.94 bits per heavy atom. The van der Waals surface area contributed by atoms with Crippen molar-refractivity contribution in [2.24, 2.45) is 0 Å².